The lowest BCUT2D eigenvalue weighted by molar-refractivity contribution is -0.127. The fourth-order valence-corrected chi connectivity index (χ4v) is 1.94. The second-order valence-corrected chi connectivity index (χ2v) is 4.11. The molecule has 0 radical (unpaired) electrons. The van der Waals surface area contributed by atoms with Crippen LogP contribution in [0.2, 0.25) is 0 Å². The van der Waals surface area contributed by atoms with E-state index in [4.69, 9.17) is 4.74 Å². The molecule has 3 nitrogen and oxygen atoms in total. The van der Waals surface area contributed by atoms with Gasteiger partial charge in [-0.2, -0.15) is 0 Å². The molecule has 2 rings (SSSR count). The van der Waals surface area contributed by atoms with Gasteiger partial charge in [-0.15, -0.1) is 0 Å². The zero-order chi connectivity index (χ0) is 9.26. The standard InChI is InChI=1S/C10H17NO2/c1-7-9(5-6-13-7)10(12)11-8-3-2-4-8/h7-9H,2-6H2,1H3,(H,11,12). The first kappa shape index (κ1) is 9.00. The Labute approximate surface area is 78.8 Å². The fraction of sp³-hybridized carbons (Fsp3) is 0.900. The summed E-state index contributed by atoms with van der Waals surface area (Å²) in [7, 11) is 0. The van der Waals surface area contributed by atoms with E-state index in [9.17, 15) is 4.79 Å². The molecule has 2 fully saturated rings. The van der Waals surface area contributed by atoms with Crippen molar-refractivity contribution >= 4 is 5.91 Å². The van der Waals surface area contributed by atoms with Crippen LogP contribution in [0.15, 0.2) is 0 Å². The van der Waals surface area contributed by atoms with Crippen LogP contribution in [-0.4, -0.2) is 24.7 Å². The van der Waals surface area contributed by atoms with Crippen molar-refractivity contribution in [3.8, 4) is 0 Å². The summed E-state index contributed by atoms with van der Waals surface area (Å²) in [6.45, 7) is 2.72. The topological polar surface area (TPSA) is 38.3 Å². The Morgan fingerprint density at radius 3 is 2.62 bits per heavy atom. The molecule has 1 heterocycles. The highest BCUT2D eigenvalue weighted by Gasteiger charge is 2.32. The zero-order valence-electron chi connectivity index (χ0n) is 8.08. The summed E-state index contributed by atoms with van der Waals surface area (Å²) in [4.78, 5) is 11.7. The van der Waals surface area contributed by atoms with E-state index in [2.05, 4.69) is 5.32 Å². The van der Waals surface area contributed by atoms with Gasteiger partial charge in [-0.1, -0.05) is 0 Å². The van der Waals surface area contributed by atoms with Crippen LogP contribution >= 0.6 is 0 Å². The molecular weight excluding hydrogens is 166 g/mol. The van der Waals surface area contributed by atoms with Gasteiger partial charge in [0.05, 0.1) is 12.0 Å². The van der Waals surface area contributed by atoms with Gasteiger partial charge < -0.3 is 10.1 Å². The molecule has 1 aliphatic carbocycles. The third-order valence-electron chi connectivity index (χ3n) is 3.16. The molecule has 0 bridgehead atoms. The van der Waals surface area contributed by atoms with E-state index >= 15 is 0 Å². The van der Waals surface area contributed by atoms with Gasteiger partial charge in [0.15, 0.2) is 0 Å². The van der Waals surface area contributed by atoms with E-state index in [1.54, 1.807) is 0 Å². The first-order valence-corrected chi connectivity index (χ1v) is 5.19. The summed E-state index contributed by atoms with van der Waals surface area (Å²) in [5, 5.41) is 3.07. The normalized spacial score (nSPS) is 34.2. The van der Waals surface area contributed by atoms with Gasteiger partial charge in [0.2, 0.25) is 5.91 Å². The minimum atomic E-state index is 0.0978. The molecule has 0 aromatic heterocycles. The van der Waals surface area contributed by atoms with Gasteiger partial charge in [-0.3, -0.25) is 4.79 Å². The number of hydrogen-bond donors (Lipinski definition) is 1. The predicted octanol–water partition coefficient (Wildman–Crippen LogP) is 1.08. The van der Waals surface area contributed by atoms with Crippen molar-refractivity contribution in [2.45, 2.75) is 44.8 Å². The van der Waals surface area contributed by atoms with Gasteiger partial charge in [0.25, 0.3) is 0 Å². The largest absolute Gasteiger partial charge is 0.378 e. The number of carbonyl (C=O) groups excluding carboxylic acids is 1. The maximum Gasteiger partial charge on any atom is 0.226 e. The molecule has 1 amide bonds. The van der Waals surface area contributed by atoms with Crippen LogP contribution in [0.5, 0.6) is 0 Å². The van der Waals surface area contributed by atoms with Crippen LogP contribution in [0, 0.1) is 5.92 Å². The van der Waals surface area contributed by atoms with Crippen LogP contribution in [0.3, 0.4) is 0 Å². The van der Waals surface area contributed by atoms with Crippen molar-refractivity contribution in [2.75, 3.05) is 6.61 Å². The molecule has 0 aromatic rings. The van der Waals surface area contributed by atoms with Gasteiger partial charge >= 0.3 is 0 Å². The number of amides is 1. The van der Waals surface area contributed by atoms with Crippen molar-refractivity contribution < 1.29 is 9.53 Å². The predicted molar refractivity (Wildman–Crippen MR) is 49.3 cm³/mol. The Hall–Kier alpha value is -0.570. The summed E-state index contributed by atoms with van der Waals surface area (Å²) < 4.78 is 5.36. The highest BCUT2D eigenvalue weighted by atomic mass is 16.5. The SMILES string of the molecule is CC1OCCC1C(=O)NC1CCC1. The van der Waals surface area contributed by atoms with E-state index in [-0.39, 0.29) is 17.9 Å². The van der Waals surface area contributed by atoms with Crippen LogP contribution in [0.4, 0.5) is 0 Å². The van der Waals surface area contributed by atoms with Crippen LogP contribution in [0.1, 0.15) is 32.6 Å². The first-order valence-electron chi connectivity index (χ1n) is 5.19. The lowest BCUT2D eigenvalue weighted by Crippen LogP contribution is -2.44. The van der Waals surface area contributed by atoms with E-state index in [1.807, 2.05) is 6.92 Å². The molecule has 2 aliphatic rings. The minimum Gasteiger partial charge on any atom is -0.378 e. The maximum atomic E-state index is 11.7. The zero-order valence-corrected chi connectivity index (χ0v) is 8.08. The molecule has 1 aliphatic heterocycles. The first-order chi connectivity index (χ1) is 6.27. The molecule has 1 saturated heterocycles. The summed E-state index contributed by atoms with van der Waals surface area (Å²) in [6, 6.07) is 0.459. The molecule has 0 spiro atoms. The molecule has 2 unspecified atom stereocenters. The van der Waals surface area contributed by atoms with Crippen molar-refractivity contribution in [3.05, 3.63) is 0 Å². The van der Waals surface area contributed by atoms with E-state index in [0.717, 1.165) is 25.9 Å². The van der Waals surface area contributed by atoms with Crippen molar-refractivity contribution in [1.82, 2.24) is 5.32 Å². The van der Waals surface area contributed by atoms with Gasteiger partial charge in [0.1, 0.15) is 0 Å². The monoisotopic (exact) mass is 183 g/mol. The Bertz CT molecular complexity index is 201. The molecule has 1 saturated carbocycles. The number of hydrogen-bond acceptors (Lipinski definition) is 2. The lowest BCUT2D eigenvalue weighted by atomic mass is 9.92. The average Bonchev–Trinajstić information content (AvgIpc) is 2.43. The highest BCUT2D eigenvalue weighted by Crippen LogP contribution is 2.23. The fourth-order valence-electron chi connectivity index (χ4n) is 1.94. The molecular formula is C10H17NO2. The van der Waals surface area contributed by atoms with Gasteiger partial charge in [-0.05, 0) is 32.6 Å². The minimum absolute atomic E-state index is 0.0978. The average molecular weight is 183 g/mol. The number of ether oxygens (including phenoxy) is 1. The second kappa shape index (κ2) is 3.66. The molecule has 2 atom stereocenters. The number of rotatable bonds is 2. The van der Waals surface area contributed by atoms with Gasteiger partial charge in [0, 0.05) is 12.6 Å². The third-order valence-corrected chi connectivity index (χ3v) is 3.16. The molecule has 74 valence electrons. The summed E-state index contributed by atoms with van der Waals surface area (Å²) in [5.74, 6) is 0.301. The highest BCUT2D eigenvalue weighted by molar-refractivity contribution is 5.79. The smallest absolute Gasteiger partial charge is 0.226 e. The van der Waals surface area contributed by atoms with E-state index in [0.29, 0.717) is 6.04 Å². The summed E-state index contributed by atoms with van der Waals surface area (Å²) in [6.07, 6.45) is 4.59. The Kier molecular flexibility index (Phi) is 2.54. The van der Waals surface area contributed by atoms with Crippen molar-refractivity contribution in [2.24, 2.45) is 5.92 Å². The van der Waals surface area contributed by atoms with Crippen LogP contribution in [0.25, 0.3) is 0 Å². The van der Waals surface area contributed by atoms with Crippen molar-refractivity contribution in [3.63, 3.8) is 0 Å². The molecule has 1 N–H and O–H groups in total. The lowest BCUT2D eigenvalue weighted by Gasteiger charge is -2.28. The quantitative estimate of drug-likeness (QED) is 0.695. The second-order valence-electron chi connectivity index (χ2n) is 4.11. The number of carbonyl (C=O) groups is 1. The summed E-state index contributed by atoms with van der Waals surface area (Å²) in [5.41, 5.74) is 0. The molecule has 3 heteroatoms. The van der Waals surface area contributed by atoms with E-state index < -0.39 is 0 Å². The summed E-state index contributed by atoms with van der Waals surface area (Å²) >= 11 is 0. The van der Waals surface area contributed by atoms with Crippen LogP contribution < -0.4 is 5.32 Å². The maximum absolute atomic E-state index is 11.7. The van der Waals surface area contributed by atoms with Gasteiger partial charge in [-0.25, -0.2) is 0 Å². The third kappa shape index (κ3) is 1.85. The Morgan fingerprint density at radius 2 is 2.15 bits per heavy atom. The van der Waals surface area contributed by atoms with Crippen molar-refractivity contribution in [1.29, 1.82) is 0 Å². The number of nitrogens with one attached hydrogen (secondary N) is 1. The molecule has 13 heavy (non-hydrogen) atoms. The Balaban J connectivity index is 1.81. The van der Waals surface area contributed by atoms with E-state index in [1.165, 1.54) is 6.42 Å². The van der Waals surface area contributed by atoms with Crippen LogP contribution in [-0.2, 0) is 9.53 Å². The molecule has 0 aromatic carbocycles. The Morgan fingerprint density at radius 1 is 1.38 bits per heavy atom.